The summed E-state index contributed by atoms with van der Waals surface area (Å²) in [5, 5.41) is 13.5. The molecular weight excluding hydrogens is 324 g/mol. The molecular formula is C18H14N2O5. The summed E-state index contributed by atoms with van der Waals surface area (Å²) in [5.41, 5.74) is 1.44. The van der Waals surface area contributed by atoms with Crippen molar-refractivity contribution in [2.45, 2.75) is 13.0 Å². The van der Waals surface area contributed by atoms with E-state index in [2.05, 4.69) is 10.6 Å². The zero-order chi connectivity index (χ0) is 18.1. The fraction of sp³-hybridized carbons (Fsp3) is 0.111. The average Bonchev–Trinajstić information content (AvgIpc) is 2.59. The highest BCUT2D eigenvalue weighted by Gasteiger charge is 2.29. The fourth-order valence-electron chi connectivity index (χ4n) is 2.60. The average molecular weight is 338 g/mol. The maximum absolute atomic E-state index is 12.6. The minimum absolute atomic E-state index is 0.202. The van der Waals surface area contributed by atoms with Gasteiger partial charge in [-0.05, 0) is 25.1 Å². The molecule has 0 saturated heterocycles. The molecule has 0 fully saturated rings. The summed E-state index contributed by atoms with van der Waals surface area (Å²) < 4.78 is 0. The van der Waals surface area contributed by atoms with Crippen LogP contribution in [0.25, 0.3) is 0 Å². The van der Waals surface area contributed by atoms with Crippen molar-refractivity contribution in [2.24, 2.45) is 0 Å². The molecule has 2 amide bonds. The number of amides is 2. The van der Waals surface area contributed by atoms with Gasteiger partial charge >= 0.3 is 12.0 Å². The number of urea groups is 1. The van der Waals surface area contributed by atoms with E-state index in [1.54, 1.807) is 24.3 Å². The van der Waals surface area contributed by atoms with Crippen molar-refractivity contribution in [1.29, 1.82) is 0 Å². The number of hydrogen-bond donors (Lipinski definition) is 3. The Labute approximate surface area is 142 Å². The van der Waals surface area contributed by atoms with Gasteiger partial charge in [0.05, 0.1) is 0 Å². The van der Waals surface area contributed by atoms with Crippen LogP contribution in [-0.4, -0.2) is 34.7 Å². The fourth-order valence-corrected chi connectivity index (χ4v) is 2.60. The number of fused-ring (bicyclic) bond motifs is 2. The molecule has 2 aromatic carbocycles. The number of carbonyl (C=O) groups excluding carboxylic acids is 3. The lowest BCUT2D eigenvalue weighted by Crippen LogP contribution is -2.40. The van der Waals surface area contributed by atoms with Crippen molar-refractivity contribution in [3.63, 3.8) is 0 Å². The predicted octanol–water partition coefficient (Wildman–Crippen LogP) is 2.06. The number of hydrogen-bond acceptors (Lipinski definition) is 4. The molecule has 3 rings (SSSR count). The van der Waals surface area contributed by atoms with Crippen LogP contribution in [0.1, 0.15) is 38.8 Å². The number of anilines is 1. The molecule has 0 radical (unpaired) electrons. The summed E-state index contributed by atoms with van der Waals surface area (Å²) >= 11 is 0. The Morgan fingerprint density at radius 2 is 1.48 bits per heavy atom. The topological polar surface area (TPSA) is 113 Å². The zero-order valence-electron chi connectivity index (χ0n) is 13.2. The van der Waals surface area contributed by atoms with E-state index in [1.807, 2.05) is 0 Å². The summed E-state index contributed by atoms with van der Waals surface area (Å²) in [6.07, 6.45) is 0. The standard InChI is InChI=1S/C18H14N2O5/c1-9(17(23)24)19-18(25)20-10-6-7-13-14(8-10)16(22)12-5-3-2-4-11(12)15(13)21/h2-9H,1H3,(H,23,24)(H2,19,20,25). The van der Waals surface area contributed by atoms with Gasteiger partial charge in [-0.2, -0.15) is 0 Å². The van der Waals surface area contributed by atoms with Gasteiger partial charge in [0, 0.05) is 27.9 Å². The summed E-state index contributed by atoms with van der Waals surface area (Å²) in [6, 6.07) is 9.15. The van der Waals surface area contributed by atoms with E-state index in [-0.39, 0.29) is 28.4 Å². The van der Waals surface area contributed by atoms with Crippen molar-refractivity contribution in [3.05, 3.63) is 64.7 Å². The number of carbonyl (C=O) groups is 4. The van der Waals surface area contributed by atoms with Crippen LogP contribution >= 0.6 is 0 Å². The number of aliphatic carboxylic acids is 1. The highest BCUT2D eigenvalue weighted by molar-refractivity contribution is 6.28. The maximum atomic E-state index is 12.6. The molecule has 1 unspecified atom stereocenters. The van der Waals surface area contributed by atoms with Crippen molar-refractivity contribution in [3.8, 4) is 0 Å². The number of benzene rings is 2. The van der Waals surface area contributed by atoms with Crippen molar-refractivity contribution < 1.29 is 24.3 Å². The van der Waals surface area contributed by atoms with Crippen LogP contribution in [0, 0.1) is 0 Å². The van der Waals surface area contributed by atoms with E-state index < -0.39 is 18.0 Å². The second-order valence-electron chi connectivity index (χ2n) is 5.62. The van der Waals surface area contributed by atoms with Crippen LogP contribution in [-0.2, 0) is 4.79 Å². The quantitative estimate of drug-likeness (QED) is 0.676. The first-order valence-corrected chi connectivity index (χ1v) is 7.51. The third kappa shape index (κ3) is 2.99. The molecule has 0 bridgehead atoms. The summed E-state index contributed by atoms with van der Waals surface area (Å²) in [6.45, 7) is 1.33. The van der Waals surface area contributed by atoms with E-state index in [0.29, 0.717) is 11.1 Å². The van der Waals surface area contributed by atoms with Crippen LogP contribution in [0.2, 0.25) is 0 Å². The minimum Gasteiger partial charge on any atom is -0.480 e. The SMILES string of the molecule is CC(NC(=O)Nc1ccc2c(c1)C(=O)c1ccccc1C2=O)C(=O)O. The second kappa shape index (κ2) is 6.20. The Morgan fingerprint density at radius 3 is 2.08 bits per heavy atom. The van der Waals surface area contributed by atoms with Gasteiger partial charge in [0.25, 0.3) is 0 Å². The third-order valence-corrected chi connectivity index (χ3v) is 3.90. The zero-order valence-corrected chi connectivity index (χ0v) is 13.2. The molecule has 1 aliphatic rings. The minimum atomic E-state index is -1.17. The molecule has 0 aliphatic heterocycles. The normalized spacial score (nSPS) is 13.5. The van der Waals surface area contributed by atoms with E-state index in [9.17, 15) is 19.2 Å². The van der Waals surface area contributed by atoms with Crippen LogP contribution in [0.4, 0.5) is 10.5 Å². The third-order valence-electron chi connectivity index (χ3n) is 3.90. The van der Waals surface area contributed by atoms with Gasteiger partial charge in [0.15, 0.2) is 11.6 Å². The molecule has 0 aromatic heterocycles. The molecule has 0 heterocycles. The Kier molecular flexibility index (Phi) is 4.06. The summed E-state index contributed by atoms with van der Waals surface area (Å²) in [4.78, 5) is 47.6. The summed E-state index contributed by atoms with van der Waals surface area (Å²) in [7, 11) is 0. The number of carboxylic acids is 1. The molecule has 7 nitrogen and oxygen atoms in total. The lowest BCUT2D eigenvalue weighted by atomic mass is 9.84. The second-order valence-corrected chi connectivity index (χ2v) is 5.62. The number of ketones is 2. The molecule has 7 heteroatoms. The molecule has 126 valence electrons. The van der Waals surface area contributed by atoms with Gasteiger partial charge in [0.1, 0.15) is 6.04 Å². The first-order chi connectivity index (χ1) is 11.9. The van der Waals surface area contributed by atoms with Gasteiger partial charge in [-0.1, -0.05) is 24.3 Å². The van der Waals surface area contributed by atoms with Gasteiger partial charge in [-0.15, -0.1) is 0 Å². The van der Waals surface area contributed by atoms with Crippen molar-refractivity contribution in [1.82, 2.24) is 5.32 Å². The molecule has 2 aromatic rings. The van der Waals surface area contributed by atoms with Crippen LogP contribution in [0.3, 0.4) is 0 Å². The maximum Gasteiger partial charge on any atom is 0.325 e. The van der Waals surface area contributed by atoms with Crippen LogP contribution in [0.5, 0.6) is 0 Å². The van der Waals surface area contributed by atoms with Gasteiger partial charge < -0.3 is 15.7 Å². The monoisotopic (exact) mass is 338 g/mol. The molecule has 3 N–H and O–H groups in total. The first kappa shape index (κ1) is 16.4. The Bertz CT molecular complexity index is 919. The molecule has 1 aliphatic carbocycles. The predicted molar refractivity (Wildman–Crippen MR) is 89.0 cm³/mol. The molecule has 1 atom stereocenters. The van der Waals surface area contributed by atoms with E-state index in [4.69, 9.17) is 5.11 Å². The largest absolute Gasteiger partial charge is 0.480 e. The Balaban J connectivity index is 1.88. The Hall–Kier alpha value is -3.48. The highest BCUT2D eigenvalue weighted by Crippen LogP contribution is 2.29. The summed E-state index contributed by atoms with van der Waals surface area (Å²) in [5.74, 6) is -1.72. The van der Waals surface area contributed by atoms with Crippen molar-refractivity contribution >= 4 is 29.3 Å². The molecule has 25 heavy (non-hydrogen) atoms. The number of rotatable bonds is 3. The highest BCUT2D eigenvalue weighted by atomic mass is 16.4. The first-order valence-electron chi connectivity index (χ1n) is 7.51. The lowest BCUT2D eigenvalue weighted by molar-refractivity contribution is -0.138. The van der Waals surface area contributed by atoms with E-state index in [0.717, 1.165) is 0 Å². The number of nitrogens with one attached hydrogen (secondary N) is 2. The molecule has 0 spiro atoms. The van der Waals surface area contributed by atoms with Gasteiger partial charge in [-0.25, -0.2) is 4.79 Å². The van der Waals surface area contributed by atoms with Crippen molar-refractivity contribution in [2.75, 3.05) is 5.32 Å². The van der Waals surface area contributed by atoms with E-state index >= 15 is 0 Å². The Morgan fingerprint density at radius 1 is 0.920 bits per heavy atom. The van der Waals surface area contributed by atoms with Crippen LogP contribution < -0.4 is 10.6 Å². The van der Waals surface area contributed by atoms with Gasteiger partial charge in [-0.3, -0.25) is 14.4 Å². The van der Waals surface area contributed by atoms with Crippen LogP contribution in [0.15, 0.2) is 42.5 Å². The van der Waals surface area contributed by atoms with Gasteiger partial charge in [0.2, 0.25) is 0 Å². The lowest BCUT2D eigenvalue weighted by Gasteiger charge is -2.18. The molecule has 0 saturated carbocycles. The number of carboxylic acid groups (broad SMARTS) is 1. The smallest absolute Gasteiger partial charge is 0.325 e. The van der Waals surface area contributed by atoms with E-state index in [1.165, 1.54) is 25.1 Å².